The fourth-order valence-electron chi connectivity index (χ4n) is 2.25. The van der Waals surface area contributed by atoms with Crippen molar-refractivity contribution in [2.75, 3.05) is 6.61 Å². The topological polar surface area (TPSA) is 59.3 Å². The van der Waals surface area contributed by atoms with Crippen molar-refractivity contribution in [3.63, 3.8) is 0 Å². The normalized spacial score (nSPS) is 11.8. The van der Waals surface area contributed by atoms with Gasteiger partial charge in [0.2, 0.25) is 0 Å². The third-order valence-corrected chi connectivity index (χ3v) is 3.82. The number of nitrogens with zero attached hydrogens (tertiary/aromatic N) is 1. The van der Waals surface area contributed by atoms with Gasteiger partial charge in [-0.2, -0.15) is 5.26 Å². The van der Waals surface area contributed by atoms with E-state index in [9.17, 15) is 4.79 Å². The molecule has 0 N–H and O–H groups in total. The van der Waals surface area contributed by atoms with Crippen molar-refractivity contribution in [1.82, 2.24) is 0 Å². The van der Waals surface area contributed by atoms with E-state index < -0.39 is 12.1 Å². The SMILES string of the molecule is CCCCCCCCOc1ccc(C(=O)OC(C#N)C(C)C)cc1. The molecule has 24 heavy (non-hydrogen) atoms. The van der Waals surface area contributed by atoms with Crippen LogP contribution in [0, 0.1) is 17.2 Å². The summed E-state index contributed by atoms with van der Waals surface area (Å²) >= 11 is 0. The van der Waals surface area contributed by atoms with E-state index in [4.69, 9.17) is 14.7 Å². The molecule has 1 unspecified atom stereocenters. The summed E-state index contributed by atoms with van der Waals surface area (Å²) in [5.41, 5.74) is 0.433. The maximum absolute atomic E-state index is 12.0. The summed E-state index contributed by atoms with van der Waals surface area (Å²) in [6, 6.07) is 8.88. The Labute approximate surface area is 145 Å². The fourth-order valence-corrected chi connectivity index (χ4v) is 2.25. The number of benzene rings is 1. The summed E-state index contributed by atoms with van der Waals surface area (Å²) in [5, 5.41) is 8.98. The Kier molecular flexibility index (Phi) is 9.60. The van der Waals surface area contributed by atoms with E-state index in [2.05, 4.69) is 6.92 Å². The minimum Gasteiger partial charge on any atom is -0.494 e. The van der Waals surface area contributed by atoms with Crippen LogP contribution >= 0.6 is 0 Å². The van der Waals surface area contributed by atoms with Crippen molar-refractivity contribution in [3.05, 3.63) is 29.8 Å². The number of nitriles is 1. The molecule has 0 radical (unpaired) electrons. The molecule has 0 spiro atoms. The number of carbonyl (C=O) groups is 1. The molecular weight excluding hydrogens is 302 g/mol. The van der Waals surface area contributed by atoms with Gasteiger partial charge in [-0.1, -0.05) is 52.9 Å². The minimum absolute atomic E-state index is 0.0288. The summed E-state index contributed by atoms with van der Waals surface area (Å²) in [6.07, 6.45) is 6.65. The van der Waals surface area contributed by atoms with Crippen molar-refractivity contribution in [3.8, 4) is 11.8 Å². The number of rotatable bonds is 11. The quantitative estimate of drug-likeness (QED) is 0.416. The third-order valence-electron chi connectivity index (χ3n) is 3.82. The molecular formula is C20H29NO3. The van der Waals surface area contributed by atoms with Gasteiger partial charge in [-0.25, -0.2) is 4.79 Å². The Morgan fingerprint density at radius 2 is 1.71 bits per heavy atom. The first kappa shape index (κ1) is 20.0. The number of hydrogen-bond acceptors (Lipinski definition) is 4. The van der Waals surface area contributed by atoms with E-state index in [0.717, 1.165) is 12.2 Å². The Morgan fingerprint density at radius 1 is 1.08 bits per heavy atom. The van der Waals surface area contributed by atoms with E-state index >= 15 is 0 Å². The van der Waals surface area contributed by atoms with Gasteiger partial charge in [0.1, 0.15) is 11.8 Å². The van der Waals surface area contributed by atoms with Crippen LogP contribution in [0.4, 0.5) is 0 Å². The smallest absolute Gasteiger partial charge is 0.339 e. The predicted molar refractivity (Wildman–Crippen MR) is 95.0 cm³/mol. The standard InChI is InChI=1S/C20H29NO3/c1-4-5-6-7-8-9-14-23-18-12-10-17(11-13-18)20(22)24-19(15-21)16(2)3/h10-13,16,19H,4-9,14H2,1-3H3. The van der Waals surface area contributed by atoms with Gasteiger partial charge in [-0.05, 0) is 30.7 Å². The summed E-state index contributed by atoms with van der Waals surface area (Å²) in [4.78, 5) is 12.0. The Balaban J connectivity index is 2.35. The van der Waals surface area contributed by atoms with Crippen molar-refractivity contribution in [2.24, 2.45) is 5.92 Å². The van der Waals surface area contributed by atoms with Gasteiger partial charge in [0.25, 0.3) is 0 Å². The zero-order chi connectivity index (χ0) is 17.8. The second-order valence-corrected chi connectivity index (χ2v) is 6.34. The fraction of sp³-hybridized carbons (Fsp3) is 0.600. The van der Waals surface area contributed by atoms with Crippen LogP contribution in [-0.4, -0.2) is 18.7 Å². The monoisotopic (exact) mass is 331 g/mol. The molecule has 4 heteroatoms. The largest absolute Gasteiger partial charge is 0.494 e. The molecule has 0 saturated carbocycles. The zero-order valence-electron chi connectivity index (χ0n) is 15.1. The van der Waals surface area contributed by atoms with Gasteiger partial charge < -0.3 is 9.47 Å². The second-order valence-electron chi connectivity index (χ2n) is 6.34. The van der Waals surface area contributed by atoms with Gasteiger partial charge >= 0.3 is 5.97 Å². The minimum atomic E-state index is -0.721. The highest BCUT2D eigenvalue weighted by atomic mass is 16.5. The van der Waals surface area contributed by atoms with Crippen molar-refractivity contribution in [1.29, 1.82) is 5.26 Å². The molecule has 4 nitrogen and oxygen atoms in total. The molecule has 132 valence electrons. The van der Waals surface area contributed by atoms with Crippen LogP contribution in [-0.2, 0) is 4.74 Å². The first-order valence-corrected chi connectivity index (χ1v) is 8.92. The molecule has 0 heterocycles. The van der Waals surface area contributed by atoms with Gasteiger partial charge in [0, 0.05) is 5.92 Å². The van der Waals surface area contributed by atoms with Crippen LogP contribution < -0.4 is 4.74 Å². The van der Waals surface area contributed by atoms with Crippen LogP contribution in [0.25, 0.3) is 0 Å². The zero-order valence-corrected chi connectivity index (χ0v) is 15.1. The lowest BCUT2D eigenvalue weighted by atomic mass is 10.1. The van der Waals surface area contributed by atoms with Crippen LogP contribution in [0.2, 0.25) is 0 Å². The number of unbranched alkanes of at least 4 members (excludes halogenated alkanes) is 5. The summed E-state index contributed by atoms with van der Waals surface area (Å²) in [5.74, 6) is 0.248. The molecule has 0 aliphatic rings. The number of esters is 1. The summed E-state index contributed by atoms with van der Waals surface area (Å²) in [7, 11) is 0. The van der Waals surface area contributed by atoms with Crippen molar-refractivity contribution in [2.45, 2.75) is 65.4 Å². The van der Waals surface area contributed by atoms with E-state index in [1.54, 1.807) is 24.3 Å². The van der Waals surface area contributed by atoms with E-state index in [0.29, 0.717) is 12.2 Å². The van der Waals surface area contributed by atoms with Crippen LogP contribution in [0.3, 0.4) is 0 Å². The molecule has 0 fully saturated rings. The molecule has 1 aromatic rings. The molecule has 0 aliphatic heterocycles. The van der Waals surface area contributed by atoms with E-state index in [-0.39, 0.29) is 5.92 Å². The average molecular weight is 331 g/mol. The average Bonchev–Trinajstić information content (AvgIpc) is 2.59. The Bertz CT molecular complexity index is 517. The van der Waals surface area contributed by atoms with Crippen LogP contribution in [0.15, 0.2) is 24.3 Å². The van der Waals surface area contributed by atoms with Crippen LogP contribution in [0.1, 0.15) is 69.7 Å². The highest BCUT2D eigenvalue weighted by Gasteiger charge is 2.18. The molecule has 0 saturated heterocycles. The second kappa shape index (κ2) is 11.5. The molecule has 0 aromatic heterocycles. The number of carbonyl (C=O) groups excluding carboxylic acids is 1. The maximum Gasteiger partial charge on any atom is 0.339 e. The highest BCUT2D eigenvalue weighted by molar-refractivity contribution is 5.89. The third kappa shape index (κ3) is 7.50. The Hall–Kier alpha value is -2.02. The van der Waals surface area contributed by atoms with Gasteiger partial charge in [-0.3, -0.25) is 0 Å². The molecule has 1 aromatic carbocycles. The first-order chi connectivity index (χ1) is 11.6. The molecule has 0 amide bonds. The molecule has 0 aliphatic carbocycles. The van der Waals surface area contributed by atoms with Gasteiger partial charge in [0.15, 0.2) is 6.10 Å². The predicted octanol–water partition coefficient (Wildman–Crippen LogP) is 5.13. The van der Waals surface area contributed by atoms with Gasteiger partial charge in [-0.15, -0.1) is 0 Å². The molecule has 0 bridgehead atoms. The lowest BCUT2D eigenvalue weighted by Gasteiger charge is -2.14. The van der Waals surface area contributed by atoms with Crippen molar-refractivity contribution < 1.29 is 14.3 Å². The maximum atomic E-state index is 12.0. The molecule has 1 rings (SSSR count). The van der Waals surface area contributed by atoms with E-state index in [1.165, 1.54) is 32.1 Å². The highest BCUT2D eigenvalue weighted by Crippen LogP contribution is 2.16. The summed E-state index contributed by atoms with van der Waals surface area (Å²) < 4.78 is 10.9. The lowest BCUT2D eigenvalue weighted by Crippen LogP contribution is -2.21. The summed E-state index contributed by atoms with van der Waals surface area (Å²) in [6.45, 7) is 6.60. The Morgan fingerprint density at radius 3 is 2.29 bits per heavy atom. The van der Waals surface area contributed by atoms with Gasteiger partial charge in [0.05, 0.1) is 12.2 Å². The van der Waals surface area contributed by atoms with Crippen molar-refractivity contribution >= 4 is 5.97 Å². The van der Waals surface area contributed by atoms with E-state index in [1.807, 2.05) is 19.9 Å². The lowest BCUT2D eigenvalue weighted by molar-refractivity contribution is 0.0325. The molecule has 1 atom stereocenters. The first-order valence-electron chi connectivity index (χ1n) is 8.92. The number of ether oxygens (including phenoxy) is 2. The van der Waals surface area contributed by atoms with Crippen LogP contribution in [0.5, 0.6) is 5.75 Å². The number of hydrogen-bond donors (Lipinski definition) is 0.